The third-order valence-corrected chi connectivity index (χ3v) is 1.70. The van der Waals surface area contributed by atoms with Gasteiger partial charge in [-0.15, -0.1) is 0 Å². The minimum atomic E-state index is -0.149. The lowest BCUT2D eigenvalue weighted by molar-refractivity contribution is -0.148. The Labute approximate surface area is 99.3 Å². The van der Waals surface area contributed by atoms with Gasteiger partial charge in [-0.3, -0.25) is 4.79 Å². The van der Waals surface area contributed by atoms with Gasteiger partial charge in [0.25, 0.3) is 0 Å². The van der Waals surface area contributed by atoms with Gasteiger partial charge in [-0.1, -0.05) is 44.2 Å². The molecule has 0 saturated heterocycles. The van der Waals surface area contributed by atoms with Gasteiger partial charge in [0.15, 0.2) is 0 Å². The van der Waals surface area contributed by atoms with Crippen molar-refractivity contribution in [3.8, 4) is 0 Å². The van der Waals surface area contributed by atoms with E-state index in [2.05, 4.69) is 5.32 Å². The smallest absolute Gasteiger partial charge is 0.308 e. The van der Waals surface area contributed by atoms with Crippen molar-refractivity contribution >= 4 is 5.97 Å². The van der Waals surface area contributed by atoms with E-state index in [9.17, 15) is 4.79 Å². The summed E-state index contributed by atoms with van der Waals surface area (Å²) < 4.78 is 5.05. The number of hydrogen-bond acceptors (Lipinski definition) is 3. The lowest BCUT2D eigenvalue weighted by Crippen LogP contribution is -2.11. The van der Waals surface area contributed by atoms with Gasteiger partial charge in [-0.05, 0) is 19.7 Å². The maximum atomic E-state index is 11.1. The average Bonchev–Trinajstić information content (AvgIpc) is 2.28. The Hall–Kier alpha value is -1.35. The molecule has 1 aromatic rings. The highest BCUT2D eigenvalue weighted by molar-refractivity contribution is 5.71. The van der Waals surface area contributed by atoms with Crippen LogP contribution in [0.4, 0.5) is 0 Å². The summed E-state index contributed by atoms with van der Waals surface area (Å²) in [6.07, 6.45) is 0. The Kier molecular flexibility index (Phi) is 8.17. The molecule has 1 N–H and O–H groups in total. The number of ether oxygens (including phenoxy) is 1. The molecule has 1 aromatic carbocycles. The predicted molar refractivity (Wildman–Crippen MR) is 68.2 cm³/mol. The van der Waals surface area contributed by atoms with Gasteiger partial charge in [-0.2, -0.15) is 0 Å². The standard InChI is InChI=1S/C11H14O2.C2H7N.H2/c1-9(2)11(12)13-8-10-6-4-3-5-7-10;1-3-2;/h3-7,9H,8H2,1-2H3;3H,1-2H3;1H. The number of hydrogen-bond donors (Lipinski definition) is 1. The van der Waals surface area contributed by atoms with E-state index in [1.807, 2.05) is 58.3 Å². The molecule has 0 spiro atoms. The molecule has 0 aliphatic carbocycles. The predicted octanol–water partition coefficient (Wildman–Crippen LogP) is 2.47. The molecule has 92 valence electrons. The number of rotatable bonds is 3. The van der Waals surface area contributed by atoms with Crippen LogP contribution in [0.2, 0.25) is 0 Å². The van der Waals surface area contributed by atoms with Gasteiger partial charge in [0.1, 0.15) is 6.61 Å². The van der Waals surface area contributed by atoms with E-state index in [1.54, 1.807) is 0 Å². The maximum Gasteiger partial charge on any atom is 0.308 e. The summed E-state index contributed by atoms with van der Waals surface area (Å²) in [5, 5.41) is 2.75. The van der Waals surface area contributed by atoms with Crippen molar-refractivity contribution in [1.82, 2.24) is 5.32 Å². The molecule has 0 aromatic heterocycles. The third-order valence-electron chi connectivity index (χ3n) is 1.70. The first-order valence-electron chi connectivity index (χ1n) is 5.40. The quantitative estimate of drug-likeness (QED) is 0.803. The van der Waals surface area contributed by atoms with E-state index in [1.165, 1.54) is 0 Å². The van der Waals surface area contributed by atoms with Gasteiger partial charge >= 0.3 is 5.97 Å². The van der Waals surface area contributed by atoms with Crippen LogP contribution < -0.4 is 5.32 Å². The Morgan fingerprint density at radius 2 is 1.81 bits per heavy atom. The van der Waals surface area contributed by atoms with E-state index >= 15 is 0 Å². The first-order chi connectivity index (χ1) is 7.61. The van der Waals surface area contributed by atoms with E-state index in [0.29, 0.717) is 6.61 Å². The Bertz CT molecular complexity index is 289. The van der Waals surface area contributed by atoms with Crippen molar-refractivity contribution in [2.45, 2.75) is 20.5 Å². The number of nitrogens with one attached hydrogen (secondary N) is 1. The monoisotopic (exact) mass is 225 g/mol. The zero-order valence-electron chi connectivity index (χ0n) is 10.5. The summed E-state index contributed by atoms with van der Waals surface area (Å²) in [5.74, 6) is -0.201. The van der Waals surface area contributed by atoms with Crippen molar-refractivity contribution in [1.29, 1.82) is 0 Å². The molecule has 0 amide bonds. The molecule has 0 heterocycles. The van der Waals surface area contributed by atoms with Crippen LogP contribution in [0, 0.1) is 5.92 Å². The van der Waals surface area contributed by atoms with E-state index in [0.717, 1.165) is 5.56 Å². The highest BCUT2D eigenvalue weighted by atomic mass is 16.5. The highest BCUT2D eigenvalue weighted by Crippen LogP contribution is 2.03. The first kappa shape index (κ1) is 14.6. The molecule has 3 heteroatoms. The van der Waals surface area contributed by atoms with Crippen LogP contribution in [-0.2, 0) is 16.1 Å². The fraction of sp³-hybridized carbons (Fsp3) is 0.462. The molecule has 0 unspecified atom stereocenters. The van der Waals surface area contributed by atoms with Crippen LogP contribution >= 0.6 is 0 Å². The zero-order chi connectivity index (χ0) is 12.4. The van der Waals surface area contributed by atoms with E-state index in [4.69, 9.17) is 4.74 Å². The van der Waals surface area contributed by atoms with Gasteiger partial charge in [0.2, 0.25) is 0 Å². The highest BCUT2D eigenvalue weighted by Gasteiger charge is 2.07. The van der Waals surface area contributed by atoms with Gasteiger partial charge in [-0.25, -0.2) is 0 Å². The van der Waals surface area contributed by atoms with Crippen molar-refractivity contribution < 1.29 is 11.0 Å². The Morgan fingerprint density at radius 1 is 1.31 bits per heavy atom. The SMILES string of the molecule is CC(C)C(=O)OCc1ccccc1.CNC.[HH]. The number of esters is 1. The fourth-order valence-corrected chi connectivity index (χ4v) is 0.895. The van der Waals surface area contributed by atoms with Crippen molar-refractivity contribution in [3.63, 3.8) is 0 Å². The molecule has 3 nitrogen and oxygen atoms in total. The normalized spacial score (nSPS) is 9.31. The van der Waals surface area contributed by atoms with Crippen molar-refractivity contribution in [3.05, 3.63) is 35.9 Å². The summed E-state index contributed by atoms with van der Waals surface area (Å²) >= 11 is 0. The summed E-state index contributed by atoms with van der Waals surface area (Å²) in [7, 11) is 3.75. The third kappa shape index (κ3) is 7.01. The van der Waals surface area contributed by atoms with Crippen LogP contribution in [0.1, 0.15) is 20.8 Å². The van der Waals surface area contributed by atoms with Crippen LogP contribution in [0.3, 0.4) is 0 Å². The molecule has 1 rings (SSSR count). The van der Waals surface area contributed by atoms with Crippen LogP contribution in [-0.4, -0.2) is 20.1 Å². The topological polar surface area (TPSA) is 38.3 Å². The molecular weight excluding hydrogens is 202 g/mol. The van der Waals surface area contributed by atoms with E-state index in [-0.39, 0.29) is 13.3 Å². The molecule has 16 heavy (non-hydrogen) atoms. The number of carbonyl (C=O) groups is 1. The minimum Gasteiger partial charge on any atom is -0.461 e. The van der Waals surface area contributed by atoms with E-state index < -0.39 is 0 Å². The summed E-state index contributed by atoms with van der Waals surface area (Å²) in [6, 6.07) is 9.67. The molecule has 0 radical (unpaired) electrons. The molecule has 0 fully saturated rings. The summed E-state index contributed by atoms with van der Waals surface area (Å²) in [5.41, 5.74) is 1.02. The number of benzene rings is 1. The lowest BCUT2D eigenvalue weighted by atomic mass is 10.2. The Balaban J connectivity index is 0. The van der Waals surface area contributed by atoms with Crippen LogP contribution in [0.5, 0.6) is 0 Å². The molecule has 0 aliphatic heterocycles. The second-order valence-corrected chi connectivity index (χ2v) is 3.75. The lowest BCUT2D eigenvalue weighted by Gasteiger charge is -2.06. The van der Waals surface area contributed by atoms with Crippen molar-refractivity contribution in [2.24, 2.45) is 5.92 Å². The average molecular weight is 225 g/mol. The largest absolute Gasteiger partial charge is 0.461 e. The maximum absolute atomic E-state index is 11.1. The molecule has 0 aliphatic rings. The van der Waals surface area contributed by atoms with Gasteiger partial charge < -0.3 is 10.1 Å². The molecule has 0 atom stereocenters. The van der Waals surface area contributed by atoms with Crippen molar-refractivity contribution in [2.75, 3.05) is 14.1 Å². The fourth-order valence-electron chi connectivity index (χ4n) is 0.895. The molecular formula is C13H23NO2. The molecule has 0 saturated carbocycles. The van der Waals surface area contributed by atoms with Crippen LogP contribution in [0.15, 0.2) is 30.3 Å². The van der Waals surface area contributed by atoms with Gasteiger partial charge in [0.05, 0.1) is 5.92 Å². The minimum absolute atomic E-state index is 0. The van der Waals surface area contributed by atoms with Gasteiger partial charge in [0, 0.05) is 1.43 Å². The Morgan fingerprint density at radius 3 is 2.25 bits per heavy atom. The second-order valence-electron chi connectivity index (χ2n) is 3.75. The number of carbonyl (C=O) groups excluding carboxylic acids is 1. The summed E-state index contributed by atoms with van der Waals surface area (Å²) in [6.45, 7) is 4.03. The van der Waals surface area contributed by atoms with Crippen LogP contribution in [0.25, 0.3) is 0 Å². The second kappa shape index (κ2) is 8.92. The zero-order valence-corrected chi connectivity index (χ0v) is 10.5. The summed E-state index contributed by atoms with van der Waals surface area (Å²) in [4.78, 5) is 11.1. The molecule has 0 bridgehead atoms. The first-order valence-corrected chi connectivity index (χ1v) is 5.40.